The van der Waals surface area contributed by atoms with E-state index in [-0.39, 0.29) is 11.3 Å². The van der Waals surface area contributed by atoms with Crippen molar-refractivity contribution in [1.82, 2.24) is 4.98 Å². The van der Waals surface area contributed by atoms with E-state index in [1.54, 1.807) is 12.1 Å². The number of ether oxygens (including phenoxy) is 1. The van der Waals surface area contributed by atoms with Gasteiger partial charge in [0.05, 0.1) is 0 Å². The van der Waals surface area contributed by atoms with Gasteiger partial charge in [-0.05, 0) is 29.8 Å². The lowest BCUT2D eigenvalue weighted by Crippen LogP contribution is -2.17. The number of alkyl halides is 3. The molecule has 18 heavy (non-hydrogen) atoms. The number of H-pyrrole nitrogens is 1. The molecule has 0 radical (unpaired) electrons. The van der Waals surface area contributed by atoms with Crippen LogP contribution in [0.25, 0.3) is 11.1 Å². The molecule has 94 valence electrons. The van der Waals surface area contributed by atoms with Crippen LogP contribution in [0, 0.1) is 0 Å². The van der Waals surface area contributed by atoms with E-state index in [1.165, 1.54) is 18.3 Å². The van der Waals surface area contributed by atoms with Crippen LogP contribution in [-0.4, -0.2) is 11.3 Å². The fourth-order valence-electron chi connectivity index (χ4n) is 1.49. The number of benzene rings is 1. The second-order valence-corrected chi connectivity index (χ2v) is 3.49. The van der Waals surface area contributed by atoms with E-state index in [2.05, 4.69) is 9.72 Å². The zero-order chi connectivity index (χ0) is 13.2. The van der Waals surface area contributed by atoms with Crippen LogP contribution in [0.15, 0.2) is 47.4 Å². The lowest BCUT2D eigenvalue weighted by molar-refractivity contribution is -0.274. The van der Waals surface area contributed by atoms with E-state index in [4.69, 9.17) is 0 Å². The lowest BCUT2D eigenvalue weighted by Gasteiger charge is -2.09. The Morgan fingerprint density at radius 3 is 2.28 bits per heavy atom. The van der Waals surface area contributed by atoms with Gasteiger partial charge in [-0.3, -0.25) is 4.79 Å². The van der Waals surface area contributed by atoms with Crippen molar-refractivity contribution in [2.75, 3.05) is 0 Å². The number of aromatic amines is 1. The highest BCUT2D eigenvalue weighted by molar-refractivity contribution is 5.62. The van der Waals surface area contributed by atoms with Gasteiger partial charge in [-0.2, -0.15) is 0 Å². The molecule has 0 spiro atoms. The van der Waals surface area contributed by atoms with Gasteiger partial charge in [-0.15, -0.1) is 13.2 Å². The Bertz CT molecular complexity index is 587. The van der Waals surface area contributed by atoms with Gasteiger partial charge in [0.2, 0.25) is 0 Å². The zero-order valence-corrected chi connectivity index (χ0v) is 8.99. The van der Waals surface area contributed by atoms with Gasteiger partial charge in [-0.25, -0.2) is 0 Å². The molecule has 1 N–H and O–H groups in total. The van der Waals surface area contributed by atoms with Gasteiger partial charge >= 0.3 is 6.36 Å². The number of pyridine rings is 1. The van der Waals surface area contributed by atoms with Crippen molar-refractivity contribution in [2.24, 2.45) is 0 Å². The Hall–Kier alpha value is -2.24. The Labute approximate surface area is 99.8 Å². The van der Waals surface area contributed by atoms with Crippen LogP contribution in [-0.2, 0) is 0 Å². The minimum absolute atomic E-state index is 0.304. The summed E-state index contributed by atoms with van der Waals surface area (Å²) >= 11 is 0. The van der Waals surface area contributed by atoms with Crippen molar-refractivity contribution in [1.29, 1.82) is 0 Å². The standard InChI is InChI=1S/C12H8F3NO2/c13-12(14,15)18-9-5-3-8(4-6-9)10-2-1-7-16-11(10)17/h1-7H,(H,16,17). The summed E-state index contributed by atoms with van der Waals surface area (Å²) in [5.74, 6) is -0.321. The van der Waals surface area contributed by atoms with Crippen LogP contribution in [0.3, 0.4) is 0 Å². The highest BCUT2D eigenvalue weighted by atomic mass is 19.4. The molecule has 0 amide bonds. The molecular weight excluding hydrogens is 247 g/mol. The van der Waals surface area contributed by atoms with Crippen LogP contribution in [0.5, 0.6) is 5.75 Å². The number of nitrogens with one attached hydrogen (secondary N) is 1. The number of hydrogen-bond acceptors (Lipinski definition) is 2. The molecule has 2 rings (SSSR count). The second-order valence-electron chi connectivity index (χ2n) is 3.49. The van der Waals surface area contributed by atoms with Gasteiger partial charge in [0.1, 0.15) is 5.75 Å². The van der Waals surface area contributed by atoms with Crippen molar-refractivity contribution in [3.05, 3.63) is 52.9 Å². The summed E-state index contributed by atoms with van der Waals surface area (Å²) in [6, 6.07) is 8.33. The van der Waals surface area contributed by atoms with Crippen LogP contribution in [0.2, 0.25) is 0 Å². The van der Waals surface area contributed by atoms with Gasteiger partial charge in [0, 0.05) is 11.8 Å². The van der Waals surface area contributed by atoms with Crippen LogP contribution in [0.4, 0.5) is 13.2 Å². The minimum Gasteiger partial charge on any atom is -0.406 e. The highest BCUT2D eigenvalue weighted by Crippen LogP contribution is 2.25. The average molecular weight is 255 g/mol. The third kappa shape index (κ3) is 2.91. The number of halogens is 3. The molecule has 0 atom stereocenters. The first-order chi connectivity index (χ1) is 8.46. The summed E-state index contributed by atoms with van der Waals surface area (Å²) in [4.78, 5) is 14.0. The molecule has 0 aliphatic carbocycles. The summed E-state index contributed by atoms with van der Waals surface area (Å²) in [5, 5.41) is 0. The van der Waals surface area contributed by atoms with Crippen molar-refractivity contribution in [3.8, 4) is 16.9 Å². The normalized spacial score (nSPS) is 11.3. The minimum atomic E-state index is -4.72. The first kappa shape index (κ1) is 12.2. The fourth-order valence-corrected chi connectivity index (χ4v) is 1.49. The summed E-state index contributed by atoms with van der Waals surface area (Å²) in [6.07, 6.45) is -3.24. The average Bonchev–Trinajstić information content (AvgIpc) is 2.29. The number of hydrogen-bond donors (Lipinski definition) is 1. The van der Waals surface area contributed by atoms with E-state index in [0.717, 1.165) is 12.1 Å². The third-order valence-corrected chi connectivity index (χ3v) is 2.22. The maximum absolute atomic E-state index is 12.0. The fraction of sp³-hybridized carbons (Fsp3) is 0.0833. The van der Waals surface area contributed by atoms with Crippen LogP contribution < -0.4 is 10.3 Å². The molecule has 0 bridgehead atoms. The predicted octanol–water partition coefficient (Wildman–Crippen LogP) is 2.94. The Kier molecular flexibility index (Phi) is 3.10. The largest absolute Gasteiger partial charge is 0.573 e. The molecule has 1 aromatic heterocycles. The topological polar surface area (TPSA) is 42.1 Å². The Morgan fingerprint density at radius 2 is 1.72 bits per heavy atom. The number of rotatable bonds is 2. The SMILES string of the molecule is O=c1[nH]cccc1-c1ccc(OC(F)(F)F)cc1. The van der Waals surface area contributed by atoms with Gasteiger partial charge < -0.3 is 9.72 Å². The summed E-state index contributed by atoms with van der Waals surface area (Å²) in [7, 11) is 0. The summed E-state index contributed by atoms with van der Waals surface area (Å²) < 4.78 is 39.6. The molecule has 0 aliphatic rings. The number of aromatic nitrogens is 1. The summed E-state index contributed by atoms with van der Waals surface area (Å²) in [6.45, 7) is 0. The van der Waals surface area contributed by atoms with Crippen molar-refractivity contribution in [2.45, 2.75) is 6.36 Å². The summed E-state index contributed by atoms with van der Waals surface area (Å²) in [5.41, 5.74) is 0.601. The quantitative estimate of drug-likeness (QED) is 0.896. The maximum Gasteiger partial charge on any atom is 0.573 e. The van der Waals surface area contributed by atoms with E-state index >= 15 is 0 Å². The smallest absolute Gasteiger partial charge is 0.406 e. The van der Waals surface area contributed by atoms with E-state index in [1.807, 2.05) is 0 Å². The van der Waals surface area contributed by atoms with Crippen molar-refractivity contribution >= 4 is 0 Å². The predicted molar refractivity (Wildman–Crippen MR) is 59.2 cm³/mol. The van der Waals surface area contributed by atoms with E-state index in [9.17, 15) is 18.0 Å². The molecular formula is C12H8F3NO2. The molecule has 0 saturated carbocycles. The molecule has 0 aliphatic heterocycles. The molecule has 1 aromatic carbocycles. The van der Waals surface area contributed by atoms with Gasteiger partial charge in [-0.1, -0.05) is 12.1 Å². The highest BCUT2D eigenvalue weighted by Gasteiger charge is 2.30. The molecule has 6 heteroatoms. The van der Waals surface area contributed by atoms with Crippen LogP contribution >= 0.6 is 0 Å². The van der Waals surface area contributed by atoms with Gasteiger partial charge in [0.25, 0.3) is 5.56 Å². The second kappa shape index (κ2) is 4.56. The molecule has 3 nitrogen and oxygen atoms in total. The molecule has 0 saturated heterocycles. The maximum atomic E-state index is 12.0. The first-order valence-corrected chi connectivity index (χ1v) is 4.99. The Balaban J connectivity index is 2.29. The first-order valence-electron chi connectivity index (χ1n) is 4.99. The monoisotopic (exact) mass is 255 g/mol. The Morgan fingerprint density at radius 1 is 1.06 bits per heavy atom. The van der Waals surface area contributed by atoms with Crippen molar-refractivity contribution in [3.63, 3.8) is 0 Å². The van der Waals surface area contributed by atoms with Crippen molar-refractivity contribution < 1.29 is 17.9 Å². The van der Waals surface area contributed by atoms with Gasteiger partial charge in [0.15, 0.2) is 0 Å². The molecule has 2 aromatic rings. The molecule has 0 fully saturated rings. The van der Waals surface area contributed by atoms with E-state index in [0.29, 0.717) is 11.1 Å². The van der Waals surface area contributed by atoms with E-state index < -0.39 is 6.36 Å². The zero-order valence-electron chi connectivity index (χ0n) is 8.99. The van der Waals surface area contributed by atoms with Crippen LogP contribution in [0.1, 0.15) is 0 Å². The lowest BCUT2D eigenvalue weighted by atomic mass is 10.1. The third-order valence-electron chi connectivity index (χ3n) is 2.22. The molecule has 1 heterocycles. The molecule has 0 unspecified atom stereocenters.